The Labute approximate surface area is 129 Å². The van der Waals surface area contributed by atoms with E-state index in [-0.39, 0.29) is 5.91 Å². The van der Waals surface area contributed by atoms with Crippen molar-refractivity contribution in [3.8, 4) is 11.8 Å². The molecule has 21 heavy (non-hydrogen) atoms. The van der Waals surface area contributed by atoms with Gasteiger partial charge in [-0.05, 0) is 42.8 Å². The average Bonchev–Trinajstić information content (AvgIpc) is 2.45. The Morgan fingerprint density at radius 2 is 2.10 bits per heavy atom. The summed E-state index contributed by atoms with van der Waals surface area (Å²) in [5.41, 5.74) is 8.26. The van der Waals surface area contributed by atoms with E-state index < -0.39 is 0 Å². The molecule has 0 aliphatic heterocycles. The number of amides is 1. The zero-order chi connectivity index (χ0) is 15.2. The molecule has 3 N–H and O–H groups in total. The highest BCUT2D eigenvalue weighted by atomic mass is 35.5. The number of nitrogens with two attached hydrogens (primary N) is 1. The maximum atomic E-state index is 12.2. The molecule has 0 aromatic heterocycles. The third-order valence-electron chi connectivity index (χ3n) is 2.82. The van der Waals surface area contributed by atoms with Gasteiger partial charge in [0.15, 0.2) is 0 Å². The molecule has 0 atom stereocenters. The summed E-state index contributed by atoms with van der Waals surface area (Å²) in [6, 6.07) is 12.6. The van der Waals surface area contributed by atoms with Crippen molar-refractivity contribution in [3.63, 3.8) is 0 Å². The van der Waals surface area contributed by atoms with Crippen molar-refractivity contribution in [2.24, 2.45) is 5.73 Å². The van der Waals surface area contributed by atoms with E-state index >= 15 is 0 Å². The van der Waals surface area contributed by atoms with Crippen LogP contribution < -0.4 is 11.1 Å². The maximum Gasteiger partial charge on any atom is 0.257 e. The molecule has 0 aliphatic rings. The molecule has 0 saturated carbocycles. The second-order valence-electron chi connectivity index (χ2n) is 4.52. The number of nitrogens with one attached hydrogen (secondary N) is 1. The fraction of sp³-hybridized carbons (Fsp3) is 0.118. The molecule has 0 unspecified atom stereocenters. The van der Waals surface area contributed by atoms with Gasteiger partial charge in [0.25, 0.3) is 5.91 Å². The summed E-state index contributed by atoms with van der Waals surface area (Å²) >= 11 is 6.09. The number of rotatable bonds is 2. The summed E-state index contributed by atoms with van der Waals surface area (Å²) in [4.78, 5) is 12.2. The summed E-state index contributed by atoms with van der Waals surface area (Å²) in [5.74, 6) is 5.45. The van der Waals surface area contributed by atoms with Crippen LogP contribution in [0.3, 0.4) is 0 Å². The minimum atomic E-state index is -0.246. The van der Waals surface area contributed by atoms with Crippen molar-refractivity contribution in [3.05, 3.63) is 64.2 Å². The van der Waals surface area contributed by atoms with E-state index in [1.807, 2.05) is 25.1 Å². The molecule has 0 spiro atoms. The predicted octanol–water partition coefficient (Wildman–Crippen LogP) is 3.21. The molecule has 3 nitrogen and oxygen atoms in total. The first kappa shape index (κ1) is 15.1. The van der Waals surface area contributed by atoms with Crippen LogP contribution in [0.4, 0.5) is 5.69 Å². The lowest BCUT2D eigenvalue weighted by atomic mass is 10.1. The second kappa shape index (κ2) is 6.94. The zero-order valence-corrected chi connectivity index (χ0v) is 12.4. The van der Waals surface area contributed by atoms with Gasteiger partial charge in [-0.15, -0.1) is 0 Å². The van der Waals surface area contributed by atoms with Crippen molar-refractivity contribution in [1.82, 2.24) is 0 Å². The molecule has 2 aromatic carbocycles. The number of carbonyl (C=O) groups is 1. The topological polar surface area (TPSA) is 55.1 Å². The van der Waals surface area contributed by atoms with Crippen LogP contribution in [0, 0.1) is 18.8 Å². The smallest absolute Gasteiger partial charge is 0.257 e. The van der Waals surface area contributed by atoms with Crippen LogP contribution in [-0.4, -0.2) is 12.5 Å². The molecule has 0 heterocycles. The summed E-state index contributed by atoms with van der Waals surface area (Å²) < 4.78 is 0. The highest BCUT2D eigenvalue weighted by Gasteiger charge is 2.10. The van der Waals surface area contributed by atoms with Gasteiger partial charge in [0.2, 0.25) is 0 Å². The van der Waals surface area contributed by atoms with Gasteiger partial charge in [0, 0.05) is 11.3 Å². The largest absolute Gasteiger partial charge is 0.322 e. The summed E-state index contributed by atoms with van der Waals surface area (Å²) in [6.07, 6.45) is 0. The number of hydrogen-bond donors (Lipinski definition) is 2. The van der Waals surface area contributed by atoms with E-state index in [0.717, 1.165) is 11.1 Å². The number of aryl methyl sites for hydroxylation is 1. The highest BCUT2D eigenvalue weighted by molar-refractivity contribution is 6.34. The van der Waals surface area contributed by atoms with E-state index in [9.17, 15) is 4.79 Å². The lowest BCUT2D eigenvalue weighted by molar-refractivity contribution is 0.102. The molecule has 0 bridgehead atoms. The van der Waals surface area contributed by atoms with E-state index in [1.165, 1.54) is 0 Å². The Kier molecular flexibility index (Phi) is 4.99. The third-order valence-corrected chi connectivity index (χ3v) is 3.14. The van der Waals surface area contributed by atoms with E-state index in [0.29, 0.717) is 22.8 Å². The van der Waals surface area contributed by atoms with Crippen molar-refractivity contribution < 1.29 is 4.79 Å². The van der Waals surface area contributed by atoms with Crippen LogP contribution in [0.1, 0.15) is 21.5 Å². The van der Waals surface area contributed by atoms with Gasteiger partial charge in [-0.25, -0.2) is 0 Å². The number of benzene rings is 2. The number of anilines is 1. The van der Waals surface area contributed by atoms with Crippen LogP contribution in [-0.2, 0) is 0 Å². The highest BCUT2D eigenvalue weighted by Crippen LogP contribution is 2.19. The molecule has 1 amide bonds. The van der Waals surface area contributed by atoms with E-state index in [4.69, 9.17) is 17.3 Å². The van der Waals surface area contributed by atoms with Crippen LogP contribution in [0.2, 0.25) is 5.02 Å². The molecule has 2 aromatic rings. The molecular weight excluding hydrogens is 284 g/mol. The number of carbonyl (C=O) groups excluding carboxylic acids is 1. The summed E-state index contributed by atoms with van der Waals surface area (Å²) in [6.45, 7) is 2.22. The van der Waals surface area contributed by atoms with Gasteiger partial charge < -0.3 is 11.1 Å². The first-order valence-electron chi connectivity index (χ1n) is 6.46. The first-order chi connectivity index (χ1) is 10.1. The normalized spacial score (nSPS) is 9.67. The fourth-order valence-corrected chi connectivity index (χ4v) is 2.15. The predicted molar refractivity (Wildman–Crippen MR) is 86.5 cm³/mol. The summed E-state index contributed by atoms with van der Waals surface area (Å²) in [5, 5.41) is 3.25. The number of halogens is 1. The van der Waals surface area contributed by atoms with Crippen LogP contribution in [0.25, 0.3) is 0 Å². The Morgan fingerprint density at radius 1 is 1.29 bits per heavy atom. The standard InChI is InChI=1S/C17H15ClN2O/c1-12-7-8-15(16(18)10-12)17(21)20-14-6-2-4-13(11-14)5-3-9-19/h2,4,6-8,10-11H,9,19H2,1H3,(H,20,21). The minimum absolute atomic E-state index is 0.246. The van der Waals surface area contributed by atoms with Crippen molar-refractivity contribution in [1.29, 1.82) is 0 Å². The minimum Gasteiger partial charge on any atom is -0.322 e. The van der Waals surface area contributed by atoms with E-state index in [1.54, 1.807) is 24.3 Å². The van der Waals surface area contributed by atoms with Crippen molar-refractivity contribution in [2.75, 3.05) is 11.9 Å². The lowest BCUT2D eigenvalue weighted by Crippen LogP contribution is -2.12. The Balaban J connectivity index is 2.19. The van der Waals surface area contributed by atoms with Gasteiger partial charge in [0.1, 0.15) is 0 Å². The fourth-order valence-electron chi connectivity index (χ4n) is 1.83. The molecule has 0 saturated heterocycles. The molecule has 106 valence electrons. The maximum absolute atomic E-state index is 12.2. The molecule has 0 aliphatic carbocycles. The van der Waals surface area contributed by atoms with Gasteiger partial charge >= 0.3 is 0 Å². The SMILES string of the molecule is Cc1ccc(C(=O)Nc2cccc(C#CCN)c2)c(Cl)c1. The Morgan fingerprint density at radius 3 is 2.81 bits per heavy atom. The quantitative estimate of drug-likeness (QED) is 0.837. The molecule has 2 rings (SSSR count). The molecular formula is C17H15ClN2O. The lowest BCUT2D eigenvalue weighted by Gasteiger charge is -2.07. The number of hydrogen-bond acceptors (Lipinski definition) is 2. The van der Waals surface area contributed by atoms with Gasteiger partial charge in [-0.1, -0.05) is 35.6 Å². The van der Waals surface area contributed by atoms with E-state index in [2.05, 4.69) is 17.2 Å². The first-order valence-corrected chi connectivity index (χ1v) is 6.84. The third kappa shape index (κ3) is 4.09. The van der Waals surface area contributed by atoms with Crippen molar-refractivity contribution >= 4 is 23.2 Å². The van der Waals surface area contributed by atoms with Crippen molar-refractivity contribution in [2.45, 2.75) is 6.92 Å². The average molecular weight is 299 g/mol. The van der Waals surface area contributed by atoms with Gasteiger partial charge in [-0.2, -0.15) is 0 Å². The van der Waals surface area contributed by atoms with Gasteiger partial charge in [-0.3, -0.25) is 4.79 Å². The van der Waals surface area contributed by atoms with Crippen LogP contribution in [0.5, 0.6) is 0 Å². The monoisotopic (exact) mass is 298 g/mol. The molecule has 4 heteroatoms. The second-order valence-corrected chi connectivity index (χ2v) is 4.93. The van der Waals surface area contributed by atoms with Gasteiger partial charge in [0.05, 0.1) is 17.1 Å². The van der Waals surface area contributed by atoms with Crippen LogP contribution >= 0.6 is 11.6 Å². The summed E-state index contributed by atoms with van der Waals surface area (Å²) in [7, 11) is 0. The Hall–Kier alpha value is -2.28. The molecule has 0 fully saturated rings. The Bertz CT molecular complexity index is 729. The zero-order valence-electron chi connectivity index (χ0n) is 11.6. The molecule has 0 radical (unpaired) electrons. The van der Waals surface area contributed by atoms with Crippen LogP contribution in [0.15, 0.2) is 42.5 Å².